The number of unbranched alkanes of at least 4 members (excludes halogenated alkanes) is 39. The molecule has 0 bridgehead atoms. The second-order valence-corrected chi connectivity index (χ2v) is 26.3. The quantitative estimate of drug-likeness (QED) is 0.0243. The molecule has 3 N–H and O–H groups in total. The van der Waals surface area contributed by atoms with Gasteiger partial charge in [-0.15, -0.1) is 0 Å². The molecule has 3 atom stereocenters. The van der Waals surface area contributed by atoms with Gasteiger partial charge in [0.2, 0.25) is 5.91 Å². The van der Waals surface area contributed by atoms with Crippen LogP contribution in [-0.4, -0.2) is 73.4 Å². The Balaban J connectivity index is 4.08. The van der Waals surface area contributed by atoms with Crippen LogP contribution >= 0.6 is 7.82 Å². The Kier molecular flexibility index (Phi) is 61.4. The molecule has 0 aliphatic heterocycles. The third kappa shape index (κ3) is 65.2. The molecule has 0 aromatic rings. The number of allylic oxidation sites excluding steroid dienone is 13. The summed E-state index contributed by atoms with van der Waals surface area (Å²) in [7, 11) is 1.55. The molecule has 1 amide bonds. The number of quaternary nitrogens is 1. The Morgan fingerprint density at radius 1 is 0.427 bits per heavy atom. The molecule has 8 nitrogen and oxygen atoms in total. The van der Waals surface area contributed by atoms with Gasteiger partial charge in [-0.05, 0) is 83.5 Å². The van der Waals surface area contributed by atoms with Crippen molar-refractivity contribution in [2.75, 3.05) is 40.9 Å². The predicted octanol–water partition coefficient (Wildman–Crippen LogP) is 22.3. The molecule has 478 valence electrons. The third-order valence-electron chi connectivity index (χ3n) is 15.6. The number of nitrogens with one attached hydrogen (secondary N) is 1. The number of phosphoric acid groups is 1. The van der Waals surface area contributed by atoms with Gasteiger partial charge in [-0.2, -0.15) is 0 Å². The summed E-state index contributed by atoms with van der Waals surface area (Å²) in [5, 5.41) is 14.0. The molecular formula is C73H136N2O6P+. The van der Waals surface area contributed by atoms with E-state index in [0.717, 1.165) is 70.6 Å². The van der Waals surface area contributed by atoms with Gasteiger partial charge in [0.15, 0.2) is 0 Å². The number of amides is 1. The third-order valence-corrected chi connectivity index (χ3v) is 16.6. The van der Waals surface area contributed by atoms with E-state index in [1.165, 1.54) is 231 Å². The van der Waals surface area contributed by atoms with Gasteiger partial charge in [-0.25, -0.2) is 4.57 Å². The second-order valence-electron chi connectivity index (χ2n) is 24.9. The summed E-state index contributed by atoms with van der Waals surface area (Å²) in [5.74, 6) is -0.187. The molecule has 0 aliphatic carbocycles. The number of hydrogen-bond acceptors (Lipinski definition) is 5. The van der Waals surface area contributed by atoms with E-state index in [1.807, 2.05) is 27.2 Å². The van der Waals surface area contributed by atoms with Crippen LogP contribution in [0.5, 0.6) is 0 Å². The lowest BCUT2D eigenvalue weighted by Gasteiger charge is -2.25. The van der Waals surface area contributed by atoms with Crippen molar-refractivity contribution in [3.8, 4) is 0 Å². The number of hydrogen-bond donors (Lipinski definition) is 3. The zero-order valence-corrected chi connectivity index (χ0v) is 55.6. The van der Waals surface area contributed by atoms with E-state index in [2.05, 4.69) is 92.1 Å². The smallest absolute Gasteiger partial charge is 0.387 e. The summed E-state index contributed by atoms with van der Waals surface area (Å²) in [6.45, 7) is 4.71. The number of rotatable bonds is 64. The number of nitrogens with zero attached hydrogens (tertiary/aromatic N) is 1. The monoisotopic (exact) mass is 1170 g/mol. The molecule has 0 spiro atoms. The van der Waals surface area contributed by atoms with E-state index in [-0.39, 0.29) is 19.1 Å². The molecule has 0 saturated heterocycles. The molecular weight excluding hydrogens is 1030 g/mol. The minimum absolute atomic E-state index is 0.0526. The van der Waals surface area contributed by atoms with Crippen LogP contribution in [-0.2, 0) is 18.4 Å². The highest BCUT2D eigenvalue weighted by Gasteiger charge is 2.28. The Hall–Kier alpha value is -2.32. The fraction of sp³-hybridized carbons (Fsp3) is 0.795. The number of aliphatic hydroxyl groups excluding tert-OH is 1. The molecule has 9 heteroatoms. The van der Waals surface area contributed by atoms with Gasteiger partial charge in [-0.3, -0.25) is 13.8 Å². The maximum atomic E-state index is 13.0. The van der Waals surface area contributed by atoms with Crippen LogP contribution in [0.1, 0.15) is 322 Å². The maximum absolute atomic E-state index is 13.0. The van der Waals surface area contributed by atoms with Crippen LogP contribution in [0.2, 0.25) is 0 Å². The van der Waals surface area contributed by atoms with Crippen LogP contribution in [0.3, 0.4) is 0 Å². The number of aliphatic hydroxyl groups is 1. The summed E-state index contributed by atoms with van der Waals surface area (Å²) in [6.07, 6.45) is 90.3. The lowest BCUT2D eigenvalue weighted by molar-refractivity contribution is -0.870. The summed E-state index contributed by atoms with van der Waals surface area (Å²) in [6, 6.07) is -0.873. The standard InChI is InChI=1S/C73H135N2O6P/c1-6-8-10-12-14-16-18-20-22-24-26-28-30-32-33-34-35-36-37-38-39-40-41-43-45-47-49-51-53-55-57-59-61-63-65-67-73(77)74-71(70-81-82(78,79)80-69-68-75(3,4)5)72(76)66-64-62-60-58-56-54-52-50-48-46-44-42-31-29-27-25-23-21-19-17-15-13-11-9-7-2/h8,10,14,16,20,22,26,28,48,50,56,58,64,66,71-72,76H,6-7,9,11-13,15,17-19,21,23-25,27,29-47,49,51-55,57,59-63,65,67-70H2,1-5H3,(H-,74,77,78,79)/p+1/b10-8-,16-14-,22-20-,28-26-,50-48+,58-56+,66-64+. The van der Waals surface area contributed by atoms with E-state index in [9.17, 15) is 19.4 Å². The predicted molar refractivity (Wildman–Crippen MR) is 360 cm³/mol. The van der Waals surface area contributed by atoms with Gasteiger partial charge in [0.25, 0.3) is 0 Å². The van der Waals surface area contributed by atoms with E-state index >= 15 is 0 Å². The molecule has 0 aromatic heterocycles. The van der Waals surface area contributed by atoms with Crippen LogP contribution in [0.4, 0.5) is 0 Å². The van der Waals surface area contributed by atoms with Gasteiger partial charge < -0.3 is 19.8 Å². The zero-order chi connectivity index (χ0) is 59.8. The SMILES string of the molecule is CC/C=C\C/C=C\C/C=C\C/C=C\CCCCCCCCCCCCCCCCCCCCCCCCC(=O)NC(COP(=O)(O)OCC[N+](C)(C)C)C(O)/C=C/CC/C=C/CC/C=C/CCCCCCCCCCCCCCCCC. The Morgan fingerprint density at radius 3 is 1.12 bits per heavy atom. The lowest BCUT2D eigenvalue weighted by atomic mass is 10.0. The Morgan fingerprint density at radius 2 is 0.744 bits per heavy atom. The number of carbonyl (C=O) groups is 1. The molecule has 0 rings (SSSR count). The first-order valence-corrected chi connectivity index (χ1v) is 36.5. The summed E-state index contributed by atoms with van der Waals surface area (Å²) in [5.41, 5.74) is 0. The van der Waals surface area contributed by atoms with Crippen molar-refractivity contribution >= 4 is 13.7 Å². The molecule has 0 aromatic carbocycles. The van der Waals surface area contributed by atoms with Crippen molar-refractivity contribution in [2.45, 2.75) is 334 Å². The van der Waals surface area contributed by atoms with Gasteiger partial charge >= 0.3 is 7.82 Å². The number of phosphoric ester groups is 1. The largest absolute Gasteiger partial charge is 0.472 e. The number of carbonyl (C=O) groups excluding carboxylic acids is 1. The molecule has 0 aliphatic rings. The zero-order valence-electron chi connectivity index (χ0n) is 54.7. The highest BCUT2D eigenvalue weighted by molar-refractivity contribution is 7.47. The average Bonchev–Trinajstić information content (AvgIpc) is 3.45. The number of likely N-dealkylation sites (N-methyl/N-ethyl adjacent to an activating group) is 1. The Bertz CT molecular complexity index is 1610. The Labute approximate surface area is 509 Å². The van der Waals surface area contributed by atoms with E-state index < -0.39 is 20.0 Å². The molecule has 0 saturated carbocycles. The van der Waals surface area contributed by atoms with Crippen molar-refractivity contribution in [3.05, 3.63) is 85.1 Å². The first-order valence-electron chi connectivity index (χ1n) is 35.0. The maximum Gasteiger partial charge on any atom is 0.472 e. The van der Waals surface area contributed by atoms with Crippen molar-refractivity contribution in [2.24, 2.45) is 0 Å². The highest BCUT2D eigenvalue weighted by Crippen LogP contribution is 2.43. The van der Waals surface area contributed by atoms with Gasteiger partial charge in [0, 0.05) is 6.42 Å². The van der Waals surface area contributed by atoms with Crippen molar-refractivity contribution in [1.82, 2.24) is 5.32 Å². The first kappa shape index (κ1) is 79.7. The van der Waals surface area contributed by atoms with Crippen LogP contribution in [0.25, 0.3) is 0 Å². The molecule has 0 fully saturated rings. The molecule has 0 heterocycles. The van der Waals surface area contributed by atoms with Crippen molar-refractivity contribution in [3.63, 3.8) is 0 Å². The summed E-state index contributed by atoms with van der Waals surface area (Å²) < 4.78 is 23.8. The van der Waals surface area contributed by atoms with Gasteiger partial charge in [0.1, 0.15) is 13.2 Å². The highest BCUT2D eigenvalue weighted by atomic mass is 31.2. The van der Waals surface area contributed by atoms with Gasteiger partial charge in [-0.1, -0.05) is 317 Å². The minimum Gasteiger partial charge on any atom is -0.387 e. The van der Waals surface area contributed by atoms with E-state index in [4.69, 9.17) is 9.05 Å². The van der Waals surface area contributed by atoms with Gasteiger partial charge in [0.05, 0.1) is 39.9 Å². The van der Waals surface area contributed by atoms with Crippen molar-refractivity contribution in [1.29, 1.82) is 0 Å². The van der Waals surface area contributed by atoms with E-state index in [0.29, 0.717) is 17.4 Å². The normalized spacial score (nSPS) is 14.2. The first-order chi connectivity index (χ1) is 40.0. The fourth-order valence-electron chi connectivity index (χ4n) is 10.2. The van der Waals surface area contributed by atoms with Crippen LogP contribution < -0.4 is 5.32 Å². The minimum atomic E-state index is -4.37. The summed E-state index contributed by atoms with van der Waals surface area (Å²) >= 11 is 0. The fourth-order valence-corrected chi connectivity index (χ4v) is 10.9. The van der Waals surface area contributed by atoms with Crippen LogP contribution in [0, 0.1) is 0 Å². The molecule has 0 radical (unpaired) electrons. The molecule has 82 heavy (non-hydrogen) atoms. The van der Waals surface area contributed by atoms with Crippen LogP contribution in [0.15, 0.2) is 85.1 Å². The second kappa shape index (κ2) is 63.2. The van der Waals surface area contributed by atoms with Crippen molar-refractivity contribution < 1.29 is 32.9 Å². The average molecular weight is 1170 g/mol. The van der Waals surface area contributed by atoms with E-state index in [1.54, 1.807) is 6.08 Å². The summed E-state index contributed by atoms with van der Waals surface area (Å²) in [4.78, 5) is 23.4. The lowest BCUT2D eigenvalue weighted by Crippen LogP contribution is -2.45. The topological polar surface area (TPSA) is 105 Å². The molecule has 3 unspecified atom stereocenters.